The van der Waals surface area contributed by atoms with Crippen LogP contribution in [0.15, 0.2) is 30.3 Å². The fourth-order valence-corrected chi connectivity index (χ4v) is 2.65. The molecule has 2 nitrogen and oxygen atoms in total. The fraction of sp³-hybridized carbons (Fsp3) is 0.562. The van der Waals surface area contributed by atoms with Crippen molar-refractivity contribution < 1.29 is 4.79 Å². The highest BCUT2D eigenvalue weighted by atomic mass is 16.2. The van der Waals surface area contributed by atoms with Gasteiger partial charge in [-0.2, -0.15) is 0 Å². The number of hydrogen-bond donors (Lipinski definition) is 0. The topological polar surface area (TPSA) is 20.3 Å². The molecule has 1 saturated heterocycles. The molecule has 1 amide bonds. The molecule has 0 saturated carbocycles. The first kappa shape index (κ1) is 13.1. The van der Waals surface area contributed by atoms with Gasteiger partial charge in [-0.3, -0.25) is 4.79 Å². The standard InChI is InChI=1S/C16H23NO/c1-13(2)15(12-14-8-4-3-5-9-14)16(18)17-10-6-7-11-17/h3-5,8-9,13,15H,6-7,10-12H2,1-2H3. The van der Waals surface area contributed by atoms with Gasteiger partial charge in [0.2, 0.25) is 5.91 Å². The Morgan fingerprint density at radius 1 is 1.17 bits per heavy atom. The first-order valence-corrected chi connectivity index (χ1v) is 7.01. The van der Waals surface area contributed by atoms with Gasteiger partial charge in [0.1, 0.15) is 0 Å². The van der Waals surface area contributed by atoms with Crippen molar-refractivity contribution in [3.63, 3.8) is 0 Å². The molecule has 2 rings (SSSR count). The van der Waals surface area contributed by atoms with E-state index in [1.165, 1.54) is 18.4 Å². The van der Waals surface area contributed by atoms with Gasteiger partial charge in [-0.15, -0.1) is 0 Å². The molecular weight excluding hydrogens is 222 g/mol. The molecular formula is C16H23NO. The number of carbonyl (C=O) groups is 1. The summed E-state index contributed by atoms with van der Waals surface area (Å²) in [5.41, 5.74) is 1.27. The summed E-state index contributed by atoms with van der Waals surface area (Å²) in [6, 6.07) is 10.4. The molecule has 18 heavy (non-hydrogen) atoms. The summed E-state index contributed by atoms with van der Waals surface area (Å²) in [6.07, 6.45) is 3.21. The second kappa shape index (κ2) is 6.03. The summed E-state index contributed by atoms with van der Waals surface area (Å²) < 4.78 is 0. The Labute approximate surface area is 110 Å². The normalized spacial score (nSPS) is 17.2. The number of rotatable bonds is 4. The van der Waals surface area contributed by atoms with Crippen LogP contribution in [0.1, 0.15) is 32.3 Å². The molecule has 1 fully saturated rings. The average Bonchev–Trinajstić information content (AvgIpc) is 2.90. The molecule has 1 atom stereocenters. The second-order valence-electron chi connectivity index (χ2n) is 5.57. The molecule has 0 bridgehead atoms. The summed E-state index contributed by atoms with van der Waals surface area (Å²) in [4.78, 5) is 14.6. The van der Waals surface area contributed by atoms with Crippen molar-refractivity contribution in [3.05, 3.63) is 35.9 Å². The van der Waals surface area contributed by atoms with Crippen LogP contribution in [-0.4, -0.2) is 23.9 Å². The van der Waals surface area contributed by atoms with E-state index in [-0.39, 0.29) is 5.92 Å². The average molecular weight is 245 g/mol. The quantitative estimate of drug-likeness (QED) is 0.798. The van der Waals surface area contributed by atoms with E-state index in [2.05, 4.69) is 26.0 Å². The Morgan fingerprint density at radius 3 is 2.33 bits per heavy atom. The molecule has 0 aromatic heterocycles. The van der Waals surface area contributed by atoms with Crippen molar-refractivity contribution in [3.8, 4) is 0 Å². The monoisotopic (exact) mass is 245 g/mol. The zero-order valence-electron chi connectivity index (χ0n) is 11.4. The van der Waals surface area contributed by atoms with Gasteiger partial charge in [0.25, 0.3) is 0 Å². The smallest absolute Gasteiger partial charge is 0.226 e. The maximum Gasteiger partial charge on any atom is 0.226 e. The molecule has 1 aliphatic rings. The molecule has 1 aliphatic heterocycles. The van der Waals surface area contributed by atoms with Crippen molar-refractivity contribution in [2.24, 2.45) is 11.8 Å². The van der Waals surface area contributed by atoms with Crippen molar-refractivity contribution >= 4 is 5.91 Å². The van der Waals surface area contributed by atoms with Crippen LogP contribution in [0, 0.1) is 11.8 Å². The highest BCUT2D eigenvalue weighted by Gasteiger charge is 2.28. The summed E-state index contributed by atoms with van der Waals surface area (Å²) in [7, 11) is 0. The second-order valence-corrected chi connectivity index (χ2v) is 5.57. The largest absolute Gasteiger partial charge is 0.342 e. The van der Waals surface area contributed by atoms with E-state index < -0.39 is 0 Å². The van der Waals surface area contributed by atoms with E-state index in [9.17, 15) is 4.79 Å². The van der Waals surface area contributed by atoms with Crippen molar-refractivity contribution in [2.45, 2.75) is 33.1 Å². The molecule has 0 aliphatic carbocycles. The van der Waals surface area contributed by atoms with E-state index in [0.29, 0.717) is 11.8 Å². The van der Waals surface area contributed by atoms with E-state index >= 15 is 0 Å². The molecule has 1 unspecified atom stereocenters. The number of amides is 1. The van der Waals surface area contributed by atoms with E-state index in [1.807, 2.05) is 23.1 Å². The van der Waals surface area contributed by atoms with E-state index in [1.54, 1.807) is 0 Å². The van der Waals surface area contributed by atoms with Gasteiger partial charge >= 0.3 is 0 Å². The summed E-state index contributed by atoms with van der Waals surface area (Å²) in [5.74, 6) is 0.884. The van der Waals surface area contributed by atoms with Gasteiger partial charge in [-0.05, 0) is 30.7 Å². The summed E-state index contributed by atoms with van der Waals surface area (Å²) >= 11 is 0. The van der Waals surface area contributed by atoms with Gasteiger partial charge in [0, 0.05) is 19.0 Å². The molecule has 1 aromatic carbocycles. The Bertz CT molecular complexity index is 379. The van der Waals surface area contributed by atoms with E-state index in [4.69, 9.17) is 0 Å². The highest BCUT2D eigenvalue weighted by Crippen LogP contribution is 2.22. The lowest BCUT2D eigenvalue weighted by atomic mass is 9.88. The van der Waals surface area contributed by atoms with Gasteiger partial charge < -0.3 is 4.90 Å². The lowest BCUT2D eigenvalue weighted by Crippen LogP contribution is -2.37. The van der Waals surface area contributed by atoms with Crippen molar-refractivity contribution in [1.82, 2.24) is 4.90 Å². The van der Waals surface area contributed by atoms with Gasteiger partial charge in [0.05, 0.1) is 0 Å². The maximum absolute atomic E-state index is 12.5. The Hall–Kier alpha value is -1.31. The predicted octanol–water partition coefficient (Wildman–Crippen LogP) is 3.12. The van der Waals surface area contributed by atoms with E-state index in [0.717, 1.165) is 19.5 Å². The Kier molecular flexibility index (Phi) is 4.40. The number of hydrogen-bond acceptors (Lipinski definition) is 1. The molecule has 1 aromatic rings. The van der Waals surface area contributed by atoms with Crippen LogP contribution in [0.5, 0.6) is 0 Å². The highest BCUT2D eigenvalue weighted by molar-refractivity contribution is 5.79. The minimum absolute atomic E-state index is 0.130. The fourth-order valence-electron chi connectivity index (χ4n) is 2.65. The van der Waals surface area contributed by atoms with Crippen LogP contribution < -0.4 is 0 Å². The number of benzene rings is 1. The lowest BCUT2D eigenvalue weighted by molar-refractivity contribution is -0.135. The molecule has 0 spiro atoms. The van der Waals surface area contributed by atoms with Crippen LogP contribution in [0.4, 0.5) is 0 Å². The first-order chi connectivity index (χ1) is 8.68. The first-order valence-electron chi connectivity index (χ1n) is 7.01. The third kappa shape index (κ3) is 3.12. The van der Waals surface area contributed by atoms with Crippen LogP contribution in [0.3, 0.4) is 0 Å². The maximum atomic E-state index is 12.5. The van der Waals surface area contributed by atoms with Gasteiger partial charge in [-0.1, -0.05) is 44.2 Å². The third-order valence-corrected chi connectivity index (χ3v) is 3.84. The molecule has 1 heterocycles. The van der Waals surface area contributed by atoms with Crippen LogP contribution in [0.25, 0.3) is 0 Å². The van der Waals surface area contributed by atoms with Crippen molar-refractivity contribution in [1.29, 1.82) is 0 Å². The predicted molar refractivity (Wildman–Crippen MR) is 74.3 cm³/mol. The molecule has 0 N–H and O–H groups in total. The SMILES string of the molecule is CC(C)C(Cc1ccccc1)C(=O)N1CCCC1. The number of nitrogens with zero attached hydrogens (tertiary/aromatic N) is 1. The number of carbonyl (C=O) groups excluding carboxylic acids is 1. The minimum atomic E-state index is 0.130. The molecule has 2 heteroatoms. The zero-order chi connectivity index (χ0) is 13.0. The molecule has 98 valence electrons. The Morgan fingerprint density at radius 2 is 1.78 bits per heavy atom. The van der Waals surface area contributed by atoms with Crippen molar-refractivity contribution in [2.75, 3.05) is 13.1 Å². The summed E-state index contributed by atoms with van der Waals surface area (Å²) in [5, 5.41) is 0. The van der Waals surface area contributed by atoms with Gasteiger partial charge in [0.15, 0.2) is 0 Å². The van der Waals surface area contributed by atoms with Crippen LogP contribution >= 0.6 is 0 Å². The third-order valence-electron chi connectivity index (χ3n) is 3.84. The van der Waals surface area contributed by atoms with Crippen LogP contribution in [0.2, 0.25) is 0 Å². The van der Waals surface area contributed by atoms with Gasteiger partial charge in [-0.25, -0.2) is 0 Å². The number of likely N-dealkylation sites (tertiary alicyclic amines) is 1. The van der Waals surface area contributed by atoms with Crippen LogP contribution in [-0.2, 0) is 11.2 Å². The molecule has 0 radical (unpaired) electrons. The summed E-state index contributed by atoms with van der Waals surface area (Å²) in [6.45, 7) is 6.22. The minimum Gasteiger partial charge on any atom is -0.342 e. The Balaban J connectivity index is 2.06. The zero-order valence-corrected chi connectivity index (χ0v) is 11.4. The lowest BCUT2D eigenvalue weighted by Gasteiger charge is -2.26.